The van der Waals surface area contributed by atoms with E-state index in [1.807, 2.05) is 54.7 Å². The van der Waals surface area contributed by atoms with Gasteiger partial charge in [0.25, 0.3) is 0 Å². The first-order valence-electron chi connectivity index (χ1n) is 12.5. The highest BCUT2D eigenvalue weighted by Gasteiger charge is 2.19. The Kier molecular flexibility index (Phi) is 9.63. The van der Waals surface area contributed by atoms with Gasteiger partial charge in [0.05, 0.1) is 7.11 Å². The molecule has 0 aromatic heterocycles. The molecule has 0 bridgehead atoms. The van der Waals surface area contributed by atoms with Crippen molar-refractivity contribution in [3.63, 3.8) is 0 Å². The van der Waals surface area contributed by atoms with Crippen LogP contribution < -0.4 is 15.2 Å². The van der Waals surface area contributed by atoms with Gasteiger partial charge in [0, 0.05) is 29.9 Å². The maximum atomic E-state index is 13.6. The number of ether oxygens (including phenoxy) is 1. The summed E-state index contributed by atoms with van der Waals surface area (Å²) < 4.78 is 35.5. The largest absolute Gasteiger partial charge is 0.497 e. The van der Waals surface area contributed by atoms with Gasteiger partial charge in [-0.25, -0.2) is 8.78 Å². The van der Waals surface area contributed by atoms with Gasteiger partial charge in [-0.05, 0) is 109 Å². The molecule has 0 aliphatic carbocycles. The van der Waals surface area contributed by atoms with Gasteiger partial charge in [0.15, 0.2) is 0 Å². The molecule has 0 saturated carbocycles. The molecule has 4 rings (SSSR count). The van der Waals surface area contributed by atoms with Crippen LogP contribution >= 0.6 is 11.9 Å². The predicted octanol–water partition coefficient (Wildman–Crippen LogP) is 6.75. The van der Waals surface area contributed by atoms with E-state index in [1.54, 1.807) is 7.11 Å². The van der Waals surface area contributed by atoms with Crippen molar-refractivity contribution in [2.75, 3.05) is 26.7 Å². The fraction of sp³-hybridized carbons (Fsp3) is 0.267. The van der Waals surface area contributed by atoms with Crippen LogP contribution in [0.1, 0.15) is 36.8 Å². The fourth-order valence-electron chi connectivity index (χ4n) is 4.50. The summed E-state index contributed by atoms with van der Waals surface area (Å²) in [6.45, 7) is 2.89. The molecule has 1 aliphatic rings. The van der Waals surface area contributed by atoms with Gasteiger partial charge in [-0.2, -0.15) is 0 Å². The summed E-state index contributed by atoms with van der Waals surface area (Å²) in [5, 5.41) is 0. The smallest absolute Gasteiger partial charge is 0.123 e. The molecule has 3 N–H and O–H groups in total. The molecule has 3 aromatic carbocycles. The van der Waals surface area contributed by atoms with Crippen LogP contribution in [-0.4, -0.2) is 31.6 Å². The topological polar surface area (TPSA) is 50.5 Å². The minimum absolute atomic E-state index is 0.259. The highest BCUT2D eigenvalue weighted by Crippen LogP contribution is 2.32. The van der Waals surface area contributed by atoms with Gasteiger partial charge < -0.3 is 20.1 Å². The third-order valence-corrected chi connectivity index (χ3v) is 7.24. The molecule has 1 aliphatic heterocycles. The minimum atomic E-state index is -0.259. The number of rotatable bonds is 10. The Morgan fingerprint density at radius 2 is 1.49 bits per heavy atom. The second-order valence-corrected chi connectivity index (χ2v) is 9.96. The maximum absolute atomic E-state index is 13.6. The number of methoxy groups -OCH3 is 1. The monoisotopic (exact) mass is 521 g/mol. The number of benzene rings is 3. The third kappa shape index (κ3) is 7.84. The number of hydrogen-bond donors (Lipinski definition) is 2. The number of piperidine rings is 1. The highest BCUT2D eigenvalue weighted by atomic mass is 32.2. The first-order valence-corrected chi connectivity index (χ1v) is 13.3. The lowest BCUT2D eigenvalue weighted by Crippen LogP contribution is -2.32. The zero-order chi connectivity index (χ0) is 26.0. The predicted molar refractivity (Wildman–Crippen MR) is 148 cm³/mol. The van der Waals surface area contributed by atoms with E-state index >= 15 is 0 Å². The minimum Gasteiger partial charge on any atom is -0.497 e. The average molecular weight is 522 g/mol. The number of hydrogen-bond acceptors (Lipinski definition) is 5. The molecule has 0 atom stereocenters. The van der Waals surface area contributed by atoms with Crippen molar-refractivity contribution in [3.05, 3.63) is 113 Å². The zero-order valence-electron chi connectivity index (χ0n) is 21.1. The van der Waals surface area contributed by atoms with Crippen LogP contribution in [0, 0.1) is 11.6 Å². The van der Waals surface area contributed by atoms with Crippen molar-refractivity contribution in [2.24, 2.45) is 5.73 Å². The molecule has 1 heterocycles. The van der Waals surface area contributed by atoms with Gasteiger partial charge in [-0.15, -0.1) is 0 Å². The van der Waals surface area contributed by atoms with E-state index < -0.39 is 0 Å². The number of allylic oxidation sites excluding steroid dienone is 1. The van der Waals surface area contributed by atoms with Gasteiger partial charge in [0.2, 0.25) is 0 Å². The number of nitrogens with two attached hydrogens (primary N) is 1. The van der Waals surface area contributed by atoms with E-state index in [1.165, 1.54) is 41.8 Å². The van der Waals surface area contributed by atoms with E-state index in [-0.39, 0.29) is 11.6 Å². The van der Waals surface area contributed by atoms with Crippen LogP contribution in [0.5, 0.6) is 5.75 Å². The lowest BCUT2D eigenvalue weighted by molar-refractivity contribution is 0.254. The van der Waals surface area contributed by atoms with Crippen molar-refractivity contribution in [1.82, 2.24) is 9.62 Å². The Morgan fingerprint density at radius 1 is 0.919 bits per heavy atom. The molecule has 0 spiro atoms. The van der Waals surface area contributed by atoms with E-state index in [0.29, 0.717) is 0 Å². The molecule has 0 radical (unpaired) electrons. The van der Waals surface area contributed by atoms with Crippen LogP contribution in [0.4, 0.5) is 8.78 Å². The summed E-state index contributed by atoms with van der Waals surface area (Å²) in [6, 6.07) is 21.0. The fourth-order valence-corrected chi connectivity index (χ4v) is 5.12. The average Bonchev–Trinajstić information content (AvgIpc) is 2.92. The molecule has 0 unspecified atom stereocenters. The zero-order valence-corrected chi connectivity index (χ0v) is 21.9. The number of halogens is 2. The Labute approximate surface area is 222 Å². The number of nitrogens with one attached hydrogen (secondary N) is 1. The SMILES string of the molecule is COc1ccc(SN/C=C(\N)CCCN2CCC(=C(c3ccc(F)cc3)c3ccc(F)cc3)CC2)cc1. The van der Waals surface area contributed by atoms with Gasteiger partial charge in [-0.1, -0.05) is 29.8 Å². The second kappa shape index (κ2) is 13.3. The molecular weight excluding hydrogens is 488 g/mol. The molecule has 3 aromatic rings. The standard InChI is InChI=1S/C30H33F2N3OS/c1-36-28-12-14-29(15-13-28)37-34-21-27(33)3-2-18-35-19-16-24(17-20-35)30(22-4-8-25(31)9-5-22)23-6-10-26(32)11-7-23/h4-15,21,34H,2-3,16-20,33H2,1H3/b27-21-. The summed E-state index contributed by atoms with van der Waals surface area (Å²) in [7, 11) is 1.66. The third-order valence-electron chi connectivity index (χ3n) is 6.50. The summed E-state index contributed by atoms with van der Waals surface area (Å²) in [4.78, 5) is 3.55. The maximum Gasteiger partial charge on any atom is 0.123 e. The Morgan fingerprint density at radius 3 is 2.03 bits per heavy atom. The second-order valence-electron chi connectivity index (χ2n) is 9.05. The summed E-state index contributed by atoms with van der Waals surface area (Å²) >= 11 is 1.51. The molecule has 1 saturated heterocycles. The van der Waals surface area contributed by atoms with Crippen molar-refractivity contribution in [3.8, 4) is 5.75 Å². The van der Waals surface area contributed by atoms with E-state index in [0.717, 1.165) is 78.4 Å². The van der Waals surface area contributed by atoms with Crippen LogP contribution in [0.3, 0.4) is 0 Å². The van der Waals surface area contributed by atoms with E-state index in [9.17, 15) is 8.78 Å². The normalized spacial score (nSPS) is 14.5. The molecular formula is C30H33F2N3OS. The number of nitrogens with zero attached hydrogens (tertiary/aromatic N) is 1. The van der Waals surface area contributed by atoms with Crippen LogP contribution in [-0.2, 0) is 0 Å². The molecule has 37 heavy (non-hydrogen) atoms. The lowest BCUT2D eigenvalue weighted by atomic mass is 9.88. The molecule has 194 valence electrons. The number of likely N-dealkylation sites (tertiary alicyclic amines) is 1. The summed E-state index contributed by atoms with van der Waals surface area (Å²) in [6.07, 6.45) is 5.53. The van der Waals surface area contributed by atoms with Gasteiger partial charge >= 0.3 is 0 Å². The van der Waals surface area contributed by atoms with Crippen LogP contribution in [0.25, 0.3) is 5.57 Å². The Hall–Kier alpha value is -3.29. The molecule has 7 heteroatoms. The summed E-state index contributed by atoms with van der Waals surface area (Å²) in [5.74, 6) is 0.316. The van der Waals surface area contributed by atoms with Gasteiger partial charge in [0.1, 0.15) is 17.4 Å². The van der Waals surface area contributed by atoms with E-state index in [2.05, 4.69) is 9.62 Å². The van der Waals surface area contributed by atoms with Crippen LogP contribution in [0.15, 0.2) is 95.2 Å². The van der Waals surface area contributed by atoms with Crippen molar-refractivity contribution in [2.45, 2.75) is 30.6 Å². The quantitative estimate of drug-likeness (QED) is 0.289. The molecule has 0 amide bonds. The van der Waals surface area contributed by atoms with Crippen molar-refractivity contribution < 1.29 is 13.5 Å². The van der Waals surface area contributed by atoms with Crippen molar-refractivity contribution >= 4 is 17.5 Å². The lowest BCUT2D eigenvalue weighted by Gasteiger charge is -2.30. The Balaban J connectivity index is 1.28. The first-order chi connectivity index (χ1) is 18.0. The van der Waals surface area contributed by atoms with Crippen molar-refractivity contribution in [1.29, 1.82) is 0 Å². The highest BCUT2D eigenvalue weighted by molar-refractivity contribution is 7.97. The van der Waals surface area contributed by atoms with E-state index in [4.69, 9.17) is 10.5 Å². The van der Waals surface area contributed by atoms with Crippen LogP contribution in [0.2, 0.25) is 0 Å². The first kappa shape index (κ1) is 26.8. The van der Waals surface area contributed by atoms with Gasteiger partial charge in [-0.3, -0.25) is 0 Å². The molecule has 4 nitrogen and oxygen atoms in total. The molecule has 1 fully saturated rings. The Bertz CT molecular complexity index is 1150. The summed E-state index contributed by atoms with van der Waals surface area (Å²) in [5.41, 5.74) is 11.4.